The monoisotopic (exact) mass is 289 g/mol. The number of rotatable bonds is 4. The van der Waals surface area contributed by atoms with Gasteiger partial charge in [0.05, 0.1) is 11.7 Å². The van der Waals surface area contributed by atoms with Crippen LogP contribution >= 0.6 is 11.6 Å². The van der Waals surface area contributed by atoms with E-state index in [0.717, 1.165) is 0 Å². The first-order valence-corrected chi connectivity index (χ1v) is 6.72. The molecule has 0 spiro atoms. The van der Waals surface area contributed by atoms with E-state index in [-0.39, 0.29) is 11.9 Å². The quantitative estimate of drug-likeness (QED) is 0.685. The largest absolute Gasteiger partial charge is 0.490 e. The number of carbonyl (C=O) groups is 1. The van der Waals surface area contributed by atoms with Crippen molar-refractivity contribution in [2.75, 3.05) is 5.73 Å². The predicted molar refractivity (Wildman–Crippen MR) is 81.5 cm³/mol. The van der Waals surface area contributed by atoms with Crippen LogP contribution in [0, 0.1) is 0 Å². The van der Waals surface area contributed by atoms with Gasteiger partial charge in [-0.3, -0.25) is 4.79 Å². The molecule has 2 N–H and O–H groups in total. The van der Waals surface area contributed by atoms with Gasteiger partial charge in [0.15, 0.2) is 5.78 Å². The van der Waals surface area contributed by atoms with Crippen molar-refractivity contribution >= 4 is 23.1 Å². The number of hydrogen-bond donors (Lipinski definition) is 1. The van der Waals surface area contributed by atoms with Gasteiger partial charge in [-0.2, -0.15) is 0 Å². The van der Waals surface area contributed by atoms with E-state index >= 15 is 0 Å². The fourth-order valence-electron chi connectivity index (χ4n) is 1.89. The Morgan fingerprint density at radius 3 is 2.50 bits per heavy atom. The highest BCUT2D eigenvalue weighted by Gasteiger charge is 2.18. The Kier molecular flexibility index (Phi) is 4.30. The highest BCUT2D eigenvalue weighted by Crippen LogP contribution is 2.27. The van der Waals surface area contributed by atoms with Crippen molar-refractivity contribution in [1.82, 2.24) is 0 Å². The SMILES string of the molecule is CC(C)Oc1ccc(Cl)cc1C(=O)c1ccccc1N. The summed E-state index contributed by atoms with van der Waals surface area (Å²) in [6, 6.07) is 12.0. The summed E-state index contributed by atoms with van der Waals surface area (Å²) in [5, 5.41) is 0.485. The number of halogens is 1. The average Bonchev–Trinajstić information content (AvgIpc) is 2.40. The first-order chi connectivity index (χ1) is 9.49. The number of nitrogens with two attached hydrogens (primary N) is 1. The van der Waals surface area contributed by atoms with Crippen LogP contribution < -0.4 is 10.5 Å². The summed E-state index contributed by atoms with van der Waals surface area (Å²) < 4.78 is 5.66. The highest BCUT2D eigenvalue weighted by molar-refractivity contribution is 6.31. The van der Waals surface area contributed by atoms with E-state index < -0.39 is 0 Å². The summed E-state index contributed by atoms with van der Waals surface area (Å²) in [6.45, 7) is 3.81. The van der Waals surface area contributed by atoms with Gasteiger partial charge in [-0.05, 0) is 44.2 Å². The lowest BCUT2D eigenvalue weighted by atomic mass is 10.0. The predicted octanol–water partition coefficient (Wildman–Crippen LogP) is 3.94. The molecule has 0 radical (unpaired) electrons. The first-order valence-electron chi connectivity index (χ1n) is 6.34. The van der Waals surface area contributed by atoms with Crippen LogP contribution in [-0.4, -0.2) is 11.9 Å². The van der Waals surface area contributed by atoms with Crippen molar-refractivity contribution in [3.05, 3.63) is 58.6 Å². The maximum atomic E-state index is 12.6. The molecule has 0 aliphatic carbocycles. The molecule has 0 heterocycles. The lowest BCUT2D eigenvalue weighted by Gasteiger charge is -2.14. The molecule has 0 saturated carbocycles. The molecule has 20 heavy (non-hydrogen) atoms. The second-order valence-corrected chi connectivity index (χ2v) is 5.16. The van der Waals surface area contributed by atoms with Crippen molar-refractivity contribution in [3.63, 3.8) is 0 Å². The molecule has 0 unspecified atom stereocenters. The van der Waals surface area contributed by atoms with E-state index in [1.807, 2.05) is 13.8 Å². The molecule has 2 aromatic carbocycles. The average molecular weight is 290 g/mol. The van der Waals surface area contributed by atoms with E-state index in [9.17, 15) is 4.79 Å². The zero-order valence-corrected chi connectivity index (χ0v) is 12.1. The molecule has 2 aromatic rings. The van der Waals surface area contributed by atoms with Crippen LogP contribution in [0.5, 0.6) is 5.75 Å². The minimum absolute atomic E-state index is 0.0316. The zero-order valence-electron chi connectivity index (χ0n) is 11.4. The van der Waals surface area contributed by atoms with Crippen LogP contribution in [0.2, 0.25) is 5.02 Å². The second kappa shape index (κ2) is 5.97. The summed E-state index contributed by atoms with van der Waals surface area (Å²) in [4.78, 5) is 12.6. The van der Waals surface area contributed by atoms with E-state index in [1.54, 1.807) is 42.5 Å². The van der Waals surface area contributed by atoms with Gasteiger partial charge < -0.3 is 10.5 Å². The third kappa shape index (κ3) is 3.11. The van der Waals surface area contributed by atoms with Crippen molar-refractivity contribution in [3.8, 4) is 5.75 Å². The Morgan fingerprint density at radius 2 is 1.85 bits per heavy atom. The Balaban J connectivity index is 2.48. The van der Waals surface area contributed by atoms with Crippen molar-refractivity contribution in [1.29, 1.82) is 0 Å². The van der Waals surface area contributed by atoms with Crippen molar-refractivity contribution in [2.45, 2.75) is 20.0 Å². The molecule has 0 aliphatic heterocycles. The minimum Gasteiger partial charge on any atom is -0.490 e. The first kappa shape index (κ1) is 14.4. The number of carbonyl (C=O) groups excluding carboxylic acids is 1. The van der Waals surface area contributed by atoms with Crippen LogP contribution in [0.1, 0.15) is 29.8 Å². The number of nitrogen functional groups attached to an aromatic ring is 1. The maximum Gasteiger partial charge on any atom is 0.198 e. The molecule has 0 aromatic heterocycles. The van der Waals surface area contributed by atoms with Gasteiger partial charge in [0.1, 0.15) is 5.75 Å². The lowest BCUT2D eigenvalue weighted by molar-refractivity contribution is 0.103. The number of ketones is 1. The number of para-hydroxylation sites is 1. The van der Waals surface area contributed by atoms with Gasteiger partial charge in [-0.1, -0.05) is 23.7 Å². The van der Waals surface area contributed by atoms with Crippen LogP contribution in [0.15, 0.2) is 42.5 Å². The summed E-state index contributed by atoms with van der Waals surface area (Å²) in [6.07, 6.45) is -0.0316. The Labute approximate surface area is 123 Å². The van der Waals surface area contributed by atoms with Gasteiger partial charge >= 0.3 is 0 Å². The van der Waals surface area contributed by atoms with Gasteiger partial charge in [0.25, 0.3) is 0 Å². The topological polar surface area (TPSA) is 52.3 Å². The number of ether oxygens (including phenoxy) is 1. The Hall–Kier alpha value is -2.00. The van der Waals surface area contributed by atoms with E-state index in [1.165, 1.54) is 0 Å². The second-order valence-electron chi connectivity index (χ2n) is 4.72. The molecule has 0 fully saturated rings. The van der Waals surface area contributed by atoms with Gasteiger partial charge in [-0.25, -0.2) is 0 Å². The molecule has 0 amide bonds. The molecular formula is C16H16ClNO2. The molecule has 0 aliphatic rings. The van der Waals surface area contributed by atoms with Crippen LogP contribution in [0.3, 0.4) is 0 Å². The lowest BCUT2D eigenvalue weighted by Crippen LogP contribution is -2.11. The van der Waals surface area contributed by atoms with E-state index in [4.69, 9.17) is 22.1 Å². The van der Waals surface area contributed by atoms with Crippen LogP contribution in [-0.2, 0) is 0 Å². The molecular weight excluding hydrogens is 274 g/mol. The van der Waals surface area contributed by atoms with E-state index in [2.05, 4.69) is 0 Å². The molecule has 104 valence electrons. The van der Waals surface area contributed by atoms with E-state index in [0.29, 0.717) is 27.6 Å². The summed E-state index contributed by atoms with van der Waals surface area (Å²) >= 11 is 5.99. The molecule has 0 saturated heterocycles. The van der Waals surface area contributed by atoms with Gasteiger partial charge in [-0.15, -0.1) is 0 Å². The fourth-order valence-corrected chi connectivity index (χ4v) is 2.06. The van der Waals surface area contributed by atoms with Crippen molar-refractivity contribution < 1.29 is 9.53 Å². The van der Waals surface area contributed by atoms with Crippen LogP contribution in [0.4, 0.5) is 5.69 Å². The van der Waals surface area contributed by atoms with Gasteiger partial charge in [0.2, 0.25) is 0 Å². The molecule has 0 bridgehead atoms. The summed E-state index contributed by atoms with van der Waals surface area (Å²) in [5.41, 5.74) is 7.16. The molecule has 0 atom stereocenters. The van der Waals surface area contributed by atoms with Crippen LogP contribution in [0.25, 0.3) is 0 Å². The Morgan fingerprint density at radius 1 is 1.15 bits per heavy atom. The smallest absolute Gasteiger partial charge is 0.198 e. The summed E-state index contributed by atoms with van der Waals surface area (Å²) in [7, 11) is 0. The minimum atomic E-state index is -0.193. The normalized spacial score (nSPS) is 10.6. The third-order valence-corrected chi connectivity index (χ3v) is 2.99. The standard InChI is InChI=1S/C16H16ClNO2/c1-10(2)20-15-8-7-11(17)9-13(15)16(19)12-5-3-4-6-14(12)18/h3-10H,18H2,1-2H3. The van der Waals surface area contributed by atoms with Crippen molar-refractivity contribution in [2.24, 2.45) is 0 Å². The number of benzene rings is 2. The number of hydrogen-bond acceptors (Lipinski definition) is 3. The van der Waals surface area contributed by atoms with Gasteiger partial charge in [0, 0.05) is 16.3 Å². The zero-order chi connectivity index (χ0) is 14.7. The molecule has 2 rings (SSSR count). The summed E-state index contributed by atoms with van der Waals surface area (Å²) in [5.74, 6) is 0.318. The fraction of sp³-hybridized carbons (Fsp3) is 0.188. The number of anilines is 1. The third-order valence-electron chi connectivity index (χ3n) is 2.75. The molecule has 3 nitrogen and oxygen atoms in total. The Bertz CT molecular complexity index is 638. The maximum absolute atomic E-state index is 12.6. The highest BCUT2D eigenvalue weighted by atomic mass is 35.5. The molecule has 4 heteroatoms.